The highest BCUT2D eigenvalue weighted by molar-refractivity contribution is 5.08. The molecule has 3 heteroatoms. The second-order valence-corrected chi connectivity index (χ2v) is 4.59. The van der Waals surface area contributed by atoms with Gasteiger partial charge < -0.3 is 5.11 Å². The van der Waals surface area contributed by atoms with Gasteiger partial charge in [0.05, 0.1) is 0 Å². The molecule has 1 aliphatic heterocycles. The average Bonchev–Trinajstić information content (AvgIpc) is 2.33. The molecule has 1 aromatic rings. The van der Waals surface area contributed by atoms with Crippen molar-refractivity contribution in [1.29, 1.82) is 0 Å². The lowest BCUT2D eigenvalue weighted by atomic mass is 9.94. The first-order valence-electron chi connectivity index (χ1n) is 6.10. The second kappa shape index (κ2) is 5.97. The molecule has 3 nitrogen and oxygen atoms in total. The van der Waals surface area contributed by atoms with E-state index in [0.717, 1.165) is 32.0 Å². The van der Waals surface area contributed by atoms with Crippen LogP contribution in [-0.4, -0.2) is 34.7 Å². The van der Waals surface area contributed by atoms with E-state index in [1.807, 2.05) is 18.5 Å². The summed E-state index contributed by atoms with van der Waals surface area (Å²) in [6, 6.07) is 4.13. The first-order valence-corrected chi connectivity index (χ1v) is 6.10. The molecule has 0 atom stereocenters. The molecule has 1 aliphatic rings. The predicted octanol–water partition coefficient (Wildman–Crippen LogP) is 1.68. The van der Waals surface area contributed by atoms with E-state index in [0.29, 0.717) is 6.61 Å². The summed E-state index contributed by atoms with van der Waals surface area (Å²) in [5.74, 6) is 0.732. The van der Waals surface area contributed by atoms with Crippen molar-refractivity contribution in [2.75, 3.05) is 19.7 Å². The molecular weight excluding hydrogens is 200 g/mol. The standard InChI is InChI=1S/C13H20N2O/c16-9-5-12-3-7-15(8-4-12)11-13-2-1-6-14-10-13/h1-2,6,10,12,16H,3-5,7-9,11H2. The molecule has 1 saturated heterocycles. The van der Waals surface area contributed by atoms with Gasteiger partial charge in [-0.15, -0.1) is 0 Å². The summed E-state index contributed by atoms with van der Waals surface area (Å²) < 4.78 is 0. The smallest absolute Gasteiger partial charge is 0.0433 e. The topological polar surface area (TPSA) is 36.4 Å². The number of likely N-dealkylation sites (tertiary alicyclic amines) is 1. The maximum absolute atomic E-state index is 8.90. The highest BCUT2D eigenvalue weighted by atomic mass is 16.3. The van der Waals surface area contributed by atoms with Gasteiger partial charge in [0.1, 0.15) is 0 Å². The van der Waals surface area contributed by atoms with E-state index in [1.54, 1.807) is 0 Å². The summed E-state index contributed by atoms with van der Waals surface area (Å²) in [5, 5.41) is 8.90. The molecule has 1 aromatic heterocycles. The van der Waals surface area contributed by atoms with Gasteiger partial charge in [0, 0.05) is 25.5 Å². The van der Waals surface area contributed by atoms with Crippen LogP contribution in [0.3, 0.4) is 0 Å². The Hall–Kier alpha value is -0.930. The molecule has 0 saturated carbocycles. The number of aliphatic hydroxyl groups excluding tert-OH is 1. The van der Waals surface area contributed by atoms with Gasteiger partial charge in [-0.3, -0.25) is 9.88 Å². The number of aromatic nitrogens is 1. The highest BCUT2D eigenvalue weighted by Gasteiger charge is 2.18. The number of rotatable bonds is 4. The van der Waals surface area contributed by atoms with Crippen LogP contribution in [0.2, 0.25) is 0 Å². The zero-order valence-corrected chi connectivity index (χ0v) is 9.68. The van der Waals surface area contributed by atoms with Crippen LogP contribution in [0.4, 0.5) is 0 Å². The van der Waals surface area contributed by atoms with Crippen molar-refractivity contribution in [2.24, 2.45) is 5.92 Å². The molecule has 0 radical (unpaired) electrons. The van der Waals surface area contributed by atoms with E-state index in [-0.39, 0.29) is 0 Å². The Morgan fingerprint density at radius 3 is 2.81 bits per heavy atom. The lowest BCUT2D eigenvalue weighted by Gasteiger charge is -2.31. The van der Waals surface area contributed by atoms with Crippen molar-refractivity contribution in [2.45, 2.75) is 25.8 Å². The van der Waals surface area contributed by atoms with Gasteiger partial charge >= 0.3 is 0 Å². The number of hydrogen-bond donors (Lipinski definition) is 1. The normalized spacial score (nSPS) is 18.8. The number of piperidine rings is 1. The summed E-state index contributed by atoms with van der Waals surface area (Å²) >= 11 is 0. The maximum Gasteiger partial charge on any atom is 0.0433 e. The number of hydrogen-bond acceptors (Lipinski definition) is 3. The SMILES string of the molecule is OCCC1CCN(Cc2cccnc2)CC1. The Morgan fingerprint density at radius 1 is 1.38 bits per heavy atom. The summed E-state index contributed by atoms with van der Waals surface area (Å²) in [7, 11) is 0. The van der Waals surface area contributed by atoms with Crippen molar-refractivity contribution in [3.8, 4) is 0 Å². The highest BCUT2D eigenvalue weighted by Crippen LogP contribution is 2.21. The Morgan fingerprint density at radius 2 is 2.19 bits per heavy atom. The van der Waals surface area contributed by atoms with Gasteiger partial charge in [0.25, 0.3) is 0 Å². The van der Waals surface area contributed by atoms with Crippen molar-refractivity contribution in [1.82, 2.24) is 9.88 Å². The number of aliphatic hydroxyl groups is 1. The Labute approximate surface area is 97.1 Å². The van der Waals surface area contributed by atoms with Crippen LogP contribution in [0.15, 0.2) is 24.5 Å². The van der Waals surface area contributed by atoms with Crippen molar-refractivity contribution >= 4 is 0 Å². The third-order valence-electron chi connectivity index (χ3n) is 3.37. The molecule has 88 valence electrons. The van der Waals surface area contributed by atoms with E-state index in [9.17, 15) is 0 Å². The molecule has 0 spiro atoms. The molecule has 0 aliphatic carbocycles. The lowest BCUT2D eigenvalue weighted by Crippen LogP contribution is -2.33. The quantitative estimate of drug-likeness (QED) is 0.838. The van der Waals surface area contributed by atoms with Crippen molar-refractivity contribution < 1.29 is 5.11 Å². The van der Waals surface area contributed by atoms with Crippen LogP contribution >= 0.6 is 0 Å². The minimum atomic E-state index is 0.341. The van der Waals surface area contributed by atoms with E-state index >= 15 is 0 Å². The van der Waals surface area contributed by atoms with Gasteiger partial charge in [-0.25, -0.2) is 0 Å². The van der Waals surface area contributed by atoms with Crippen LogP contribution in [0.5, 0.6) is 0 Å². The lowest BCUT2D eigenvalue weighted by molar-refractivity contribution is 0.153. The summed E-state index contributed by atoms with van der Waals surface area (Å²) in [4.78, 5) is 6.61. The van der Waals surface area contributed by atoms with Gasteiger partial charge in [0.2, 0.25) is 0 Å². The van der Waals surface area contributed by atoms with E-state index < -0.39 is 0 Å². The van der Waals surface area contributed by atoms with E-state index in [2.05, 4.69) is 16.0 Å². The molecule has 1 N–H and O–H groups in total. The Balaban J connectivity index is 1.77. The average molecular weight is 220 g/mol. The first kappa shape index (κ1) is 11.6. The van der Waals surface area contributed by atoms with Crippen molar-refractivity contribution in [3.63, 3.8) is 0 Å². The molecule has 1 fully saturated rings. The fourth-order valence-corrected chi connectivity index (χ4v) is 2.37. The monoisotopic (exact) mass is 220 g/mol. The maximum atomic E-state index is 8.90. The van der Waals surface area contributed by atoms with Crippen LogP contribution < -0.4 is 0 Å². The van der Waals surface area contributed by atoms with Crippen LogP contribution in [0, 0.1) is 5.92 Å². The number of nitrogens with zero attached hydrogens (tertiary/aromatic N) is 2. The minimum absolute atomic E-state index is 0.341. The van der Waals surface area contributed by atoms with Crippen molar-refractivity contribution in [3.05, 3.63) is 30.1 Å². The number of pyridine rings is 1. The van der Waals surface area contributed by atoms with E-state index in [4.69, 9.17) is 5.11 Å². The van der Waals surface area contributed by atoms with Gasteiger partial charge in [0.15, 0.2) is 0 Å². The van der Waals surface area contributed by atoms with Gasteiger partial charge in [-0.05, 0) is 49.9 Å². The molecular formula is C13H20N2O. The summed E-state index contributed by atoms with van der Waals surface area (Å²) in [6.07, 6.45) is 7.18. The third-order valence-corrected chi connectivity index (χ3v) is 3.37. The van der Waals surface area contributed by atoms with Crippen LogP contribution in [0.25, 0.3) is 0 Å². The van der Waals surface area contributed by atoms with Crippen LogP contribution in [0.1, 0.15) is 24.8 Å². The minimum Gasteiger partial charge on any atom is -0.396 e. The van der Waals surface area contributed by atoms with Gasteiger partial charge in [-0.1, -0.05) is 6.07 Å². The molecule has 0 unspecified atom stereocenters. The Kier molecular flexibility index (Phi) is 4.31. The van der Waals surface area contributed by atoms with Crippen LogP contribution in [-0.2, 0) is 6.54 Å². The third kappa shape index (κ3) is 3.29. The summed E-state index contributed by atoms with van der Waals surface area (Å²) in [6.45, 7) is 3.66. The molecule has 0 amide bonds. The zero-order chi connectivity index (χ0) is 11.2. The predicted molar refractivity (Wildman–Crippen MR) is 63.9 cm³/mol. The zero-order valence-electron chi connectivity index (χ0n) is 9.68. The van der Waals surface area contributed by atoms with Gasteiger partial charge in [-0.2, -0.15) is 0 Å². The summed E-state index contributed by atoms with van der Waals surface area (Å²) in [5.41, 5.74) is 1.29. The molecule has 0 aromatic carbocycles. The fraction of sp³-hybridized carbons (Fsp3) is 0.615. The molecule has 2 rings (SSSR count). The largest absolute Gasteiger partial charge is 0.396 e. The Bertz CT molecular complexity index is 294. The second-order valence-electron chi connectivity index (χ2n) is 4.59. The molecule has 0 bridgehead atoms. The molecule has 2 heterocycles. The first-order chi connectivity index (χ1) is 7.88. The fourth-order valence-electron chi connectivity index (χ4n) is 2.37. The molecule has 16 heavy (non-hydrogen) atoms. The van der Waals surface area contributed by atoms with E-state index in [1.165, 1.54) is 18.4 Å².